The number of carbonyl (C=O) groups is 1. The van der Waals surface area contributed by atoms with Crippen molar-refractivity contribution >= 4 is 26.8 Å². The highest BCUT2D eigenvalue weighted by atomic mass is 32.2. The van der Waals surface area contributed by atoms with Gasteiger partial charge in [0, 0.05) is 25.2 Å². The molecule has 24 heavy (non-hydrogen) atoms. The van der Waals surface area contributed by atoms with Crippen LogP contribution >= 0.6 is 0 Å². The van der Waals surface area contributed by atoms with E-state index in [1.807, 2.05) is 36.0 Å². The highest BCUT2D eigenvalue weighted by molar-refractivity contribution is 7.89. The van der Waals surface area contributed by atoms with Crippen LogP contribution in [-0.4, -0.2) is 18.9 Å². The molecule has 124 valence electrons. The minimum atomic E-state index is -3.71. The van der Waals surface area contributed by atoms with Gasteiger partial charge in [0.2, 0.25) is 10.0 Å². The lowest BCUT2D eigenvalue weighted by molar-refractivity contribution is 0.0952. The topological polar surface area (TPSA) is 94.2 Å². The molecule has 0 unspecified atom stereocenters. The van der Waals surface area contributed by atoms with E-state index in [9.17, 15) is 13.2 Å². The van der Waals surface area contributed by atoms with Gasteiger partial charge in [-0.3, -0.25) is 4.79 Å². The van der Waals surface area contributed by atoms with E-state index < -0.39 is 10.0 Å². The molecule has 0 radical (unpaired) electrons. The first-order valence-electron chi connectivity index (χ1n) is 7.30. The van der Waals surface area contributed by atoms with Crippen LogP contribution in [0.2, 0.25) is 0 Å². The van der Waals surface area contributed by atoms with Gasteiger partial charge in [-0.25, -0.2) is 13.6 Å². The van der Waals surface area contributed by atoms with Crippen LogP contribution in [0.25, 0.3) is 10.9 Å². The molecule has 0 bridgehead atoms. The third-order valence-corrected chi connectivity index (χ3v) is 4.78. The van der Waals surface area contributed by atoms with E-state index in [-0.39, 0.29) is 10.8 Å². The minimum Gasteiger partial charge on any atom is -0.350 e. The average molecular weight is 343 g/mol. The van der Waals surface area contributed by atoms with Crippen molar-refractivity contribution in [1.82, 2.24) is 9.88 Å². The zero-order valence-electron chi connectivity index (χ0n) is 13.1. The molecular weight excluding hydrogens is 326 g/mol. The maximum Gasteiger partial charge on any atom is 0.253 e. The van der Waals surface area contributed by atoms with E-state index in [0.717, 1.165) is 16.5 Å². The smallest absolute Gasteiger partial charge is 0.253 e. The van der Waals surface area contributed by atoms with Crippen LogP contribution in [0.15, 0.2) is 59.6 Å². The van der Waals surface area contributed by atoms with Gasteiger partial charge in [0.15, 0.2) is 0 Å². The molecule has 1 amide bonds. The Morgan fingerprint density at radius 1 is 1.12 bits per heavy atom. The number of nitrogens with one attached hydrogen (secondary N) is 1. The number of amides is 1. The molecule has 0 spiro atoms. The fourth-order valence-corrected chi connectivity index (χ4v) is 3.13. The Balaban J connectivity index is 1.77. The maximum absolute atomic E-state index is 12.5. The third-order valence-electron chi connectivity index (χ3n) is 3.85. The van der Waals surface area contributed by atoms with Gasteiger partial charge in [-0.2, -0.15) is 0 Å². The van der Waals surface area contributed by atoms with E-state index in [0.29, 0.717) is 12.1 Å². The van der Waals surface area contributed by atoms with Crippen LogP contribution in [-0.2, 0) is 23.6 Å². The Labute approximate surface area is 139 Å². The van der Waals surface area contributed by atoms with E-state index in [1.165, 1.54) is 12.1 Å². The van der Waals surface area contributed by atoms with Gasteiger partial charge in [-0.1, -0.05) is 24.3 Å². The Hall–Kier alpha value is -2.64. The minimum absolute atomic E-state index is 0.0474. The normalized spacial score (nSPS) is 11.6. The number of aromatic nitrogens is 1. The van der Waals surface area contributed by atoms with Crippen molar-refractivity contribution in [3.05, 3.63) is 65.9 Å². The number of aryl methyl sites for hydroxylation is 1. The molecule has 0 fully saturated rings. The summed E-state index contributed by atoms with van der Waals surface area (Å²) >= 11 is 0. The molecule has 1 aromatic heterocycles. The number of hydrogen-bond acceptors (Lipinski definition) is 3. The molecule has 3 rings (SSSR count). The second-order valence-corrected chi connectivity index (χ2v) is 7.10. The van der Waals surface area contributed by atoms with Crippen LogP contribution in [0.3, 0.4) is 0 Å². The lowest BCUT2D eigenvalue weighted by Crippen LogP contribution is -2.23. The molecule has 0 saturated heterocycles. The van der Waals surface area contributed by atoms with Gasteiger partial charge in [-0.05, 0) is 29.8 Å². The first-order chi connectivity index (χ1) is 11.4. The average Bonchev–Trinajstić information content (AvgIpc) is 2.94. The largest absolute Gasteiger partial charge is 0.350 e. The first kappa shape index (κ1) is 16.2. The van der Waals surface area contributed by atoms with E-state index >= 15 is 0 Å². The number of nitrogens with two attached hydrogens (primary N) is 1. The number of fused-ring (bicyclic) bond motifs is 1. The van der Waals surface area contributed by atoms with Crippen molar-refractivity contribution in [3.63, 3.8) is 0 Å². The van der Waals surface area contributed by atoms with Gasteiger partial charge in [0.05, 0.1) is 16.0 Å². The number of sulfonamides is 1. The fourth-order valence-electron chi connectivity index (χ4n) is 2.61. The zero-order valence-corrected chi connectivity index (χ0v) is 13.9. The van der Waals surface area contributed by atoms with E-state index in [1.54, 1.807) is 18.2 Å². The Morgan fingerprint density at radius 3 is 2.50 bits per heavy atom. The van der Waals surface area contributed by atoms with Crippen molar-refractivity contribution in [2.75, 3.05) is 0 Å². The van der Waals surface area contributed by atoms with Crippen LogP contribution in [0.4, 0.5) is 0 Å². The summed E-state index contributed by atoms with van der Waals surface area (Å²) in [5, 5.41) is 8.91. The molecule has 2 aromatic carbocycles. The Morgan fingerprint density at radius 2 is 1.83 bits per heavy atom. The summed E-state index contributed by atoms with van der Waals surface area (Å²) in [7, 11) is -1.81. The molecular formula is C17H17N3O3S. The quantitative estimate of drug-likeness (QED) is 0.756. The number of nitrogens with zero attached hydrogens (tertiary/aromatic N) is 1. The molecule has 6 nitrogen and oxygen atoms in total. The van der Waals surface area contributed by atoms with Crippen LogP contribution in [0.1, 0.15) is 15.9 Å². The molecule has 7 heteroatoms. The van der Waals surface area contributed by atoms with Crippen LogP contribution in [0, 0.1) is 0 Å². The fraction of sp³-hybridized carbons (Fsp3) is 0.118. The molecule has 0 atom stereocenters. The third kappa shape index (κ3) is 3.17. The molecule has 0 saturated carbocycles. The molecule has 0 aliphatic heterocycles. The monoisotopic (exact) mass is 343 g/mol. The zero-order chi connectivity index (χ0) is 17.3. The maximum atomic E-state index is 12.5. The Bertz CT molecular complexity index is 1010. The van der Waals surface area contributed by atoms with Crippen LogP contribution in [0.5, 0.6) is 0 Å². The standard InChI is InChI=1S/C17H17N3O3S/c1-20-10-9-13-3-2-4-15(16(13)20)17(21)19-11-12-5-7-14(8-6-12)24(18,22)23/h2-10H,11H2,1H3,(H,19,21)(H2,18,22,23). The van der Waals surface area contributed by atoms with Crippen molar-refractivity contribution in [2.45, 2.75) is 11.4 Å². The van der Waals surface area contributed by atoms with Crippen LogP contribution < -0.4 is 10.5 Å². The van der Waals surface area contributed by atoms with Crippen molar-refractivity contribution in [2.24, 2.45) is 12.2 Å². The summed E-state index contributed by atoms with van der Waals surface area (Å²) in [4.78, 5) is 12.5. The number of hydrogen-bond donors (Lipinski definition) is 2. The summed E-state index contributed by atoms with van der Waals surface area (Å²) < 4.78 is 24.4. The summed E-state index contributed by atoms with van der Waals surface area (Å²) in [6, 6.07) is 13.6. The number of carbonyl (C=O) groups excluding carboxylic acids is 1. The SMILES string of the molecule is Cn1ccc2cccc(C(=O)NCc3ccc(S(N)(=O)=O)cc3)c21. The summed E-state index contributed by atoms with van der Waals surface area (Å²) in [5.41, 5.74) is 2.26. The molecule has 0 aliphatic carbocycles. The highest BCUT2D eigenvalue weighted by Crippen LogP contribution is 2.19. The van der Waals surface area contributed by atoms with E-state index in [2.05, 4.69) is 5.32 Å². The number of benzene rings is 2. The molecule has 0 aliphatic rings. The molecule has 1 heterocycles. The van der Waals surface area contributed by atoms with Crippen molar-refractivity contribution in [3.8, 4) is 0 Å². The molecule has 3 aromatic rings. The van der Waals surface area contributed by atoms with Gasteiger partial charge in [0.25, 0.3) is 5.91 Å². The highest BCUT2D eigenvalue weighted by Gasteiger charge is 2.12. The summed E-state index contributed by atoms with van der Waals surface area (Å²) in [6.45, 7) is 0.296. The number of para-hydroxylation sites is 1. The van der Waals surface area contributed by atoms with Gasteiger partial charge < -0.3 is 9.88 Å². The Kier molecular flexibility index (Phi) is 4.13. The second kappa shape index (κ2) is 6.10. The number of rotatable bonds is 4. The van der Waals surface area contributed by atoms with E-state index in [4.69, 9.17) is 5.14 Å². The lowest BCUT2D eigenvalue weighted by Gasteiger charge is -2.08. The van der Waals surface area contributed by atoms with Crippen molar-refractivity contribution in [1.29, 1.82) is 0 Å². The number of primary sulfonamides is 1. The van der Waals surface area contributed by atoms with Gasteiger partial charge >= 0.3 is 0 Å². The van der Waals surface area contributed by atoms with Gasteiger partial charge in [-0.15, -0.1) is 0 Å². The summed E-state index contributed by atoms with van der Waals surface area (Å²) in [5.74, 6) is -0.182. The summed E-state index contributed by atoms with van der Waals surface area (Å²) in [6.07, 6.45) is 1.91. The first-order valence-corrected chi connectivity index (χ1v) is 8.85. The lowest BCUT2D eigenvalue weighted by atomic mass is 10.1. The molecule has 3 N–H and O–H groups in total. The van der Waals surface area contributed by atoms with Gasteiger partial charge in [0.1, 0.15) is 0 Å². The predicted octanol–water partition coefficient (Wildman–Crippen LogP) is 1.76. The van der Waals surface area contributed by atoms with Crippen molar-refractivity contribution < 1.29 is 13.2 Å². The predicted molar refractivity (Wildman–Crippen MR) is 91.9 cm³/mol. The second-order valence-electron chi connectivity index (χ2n) is 5.54.